The van der Waals surface area contributed by atoms with Crippen molar-refractivity contribution >= 4 is 6.03 Å². The number of carbonyl (C=O) groups excluding carboxylic acids is 1. The van der Waals surface area contributed by atoms with Crippen LogP contribution in [0.2, 0.25) is 0 Å². The maximum absolute atomic E-state index is 11.0. The predicted octanol–water partition coefficient (Wildman–Crippen LogP) is 0.341. The Morgan fingerprint density at radius 3 is 2.50 bits per heavy atom. The van der Waals surface area contributed by atoms with E-state index in [0.717, 1.165) is 0 Å². The summed E-state index contributed by atoms with van der Waals surface area (Å²) in [6.07, 6.45) is -0.280. The molecule has 0 aromatic carbocycles. The highest BCUT2D eigenvalue weighted by atomic mass is 16.2. The molecule has 0 bridgehead atoms. The minimum absolute atomic E-state index is 0.0685. The van der Waals surface area contributed by atoms with Gasteiger partial charge in [0.1, 0.15) is 0 Å². The number of urea groups is 1. The molecule has 10 heavy (non-hydrogen) atoms. The van der Waals surface area contributed by atoms with Crippen LogP contribution in [0.3, 0.4) is 0 Å². The third-order valence-corrected chi connectivity index (χ3v) is 1.66. The van der Waals surface area contributed by atoms with Gasteiger partial charge in [0.2, 0.25) is 0 Å². The van der Waals surface area contributed by atoms with Gasteiger partial charge >= 0.3 is 6.03 Å². The van der Waals surface area contributed by atoms with Gasteiger partial charge in [0, 0.05) is 14.1 Å². The number of rotatable bonds is 1. The summed E-state index contributed by atoms with van der Waals surface area (Å²) < 4.78 is 0. The molecule has 1 N–H and O–H groups in total. The zero-order chi connectivity index (χ0) is 7.72. The van der Waals surface area contributed by atoms with Gasteiger partial charge in [0.05, 0.1) is 6.54 Å². The Hall–Kier alpha value is -1.13. The lowest BCUT2D eigenvalue weighted by Crippen LogP contribution is -2.28. The van der Waals surface area contributed by atoms with Crippen LogP contribution in [0.1, 0.15) is 0 Å². The first kappa shape index (κ1) is 6.98. The molecule has 0 radical (unpaired) electrons. The van der Waals surface area contributed by atoms with Gasteiger partial charge in [-0.15, -0.1) is 0 Å². The third-order valence-electron chi connectivity index (χ3n) is 1.66. The number of nitrogens with one attached hydrogen (secondary N) is 1. The Morgan fingerprint density at radius 1 is 1.70 bits per heavy atom. The summed E-state index contributed by atoms with van der Waals surface area (Å²) in [6, 6.07) is -0.0685. The molecule has 1 aliphatic rings. The second-order valence-electron chi connectivity index (χ2n) is 2.38. The number of hydrogen-bond donors (Lipinski definition) is 1. The van der Waals surface area contributed by atoms with Crippen molar-refractivity contribution < 1.29 is 4.79 Å². The van der Waals surface area contributed by atoms with Crippen molar-refractivity contribution in [2.45, 2.75) is 6.17 Å². The van der Waals surface area contributed by atoms with Crippen LogP contribution in [-0.2, 0) is 0 Å². The van der Waals surface area contributed by atoms with E-state index in [1.165, 1.54) is 4.90 Å². The van der Waals surface area contributed by atoms with Gasteiger partial charge in [-0.25, -0.2) is 10.3 Å². The number of hydrogen-bond acceptors (Lipinski definition) is 3. The van der Waals surface area contributed by atoms with E-state index in [-0.39, 0.29) is 12.2 Å². The molecule has 1 fully saturated rings. The van der Waals surface area contributed by atoms with Crippen LogP contribution < -0.4 is 0 Å². The Labute approximate surface area is 59.1 Å². The van der Waals surface area contributed by atoms with Crippen LogP contribution >= 0.6 is 0 Å². The second-order valence-corrected chi connectivity index (χ2v) is 2.38. The van der Waals surface area contributed by atoms with Crippen LogP contribution in [0, 0.1) is 5.53 Å². The molecule has 1 saturated heterocycles. The summed E-state index contributed by atoms with van der Waals surface area (Å²) in [6.45, 7) is 0.527. The van der Waals surface area contributed by atoms with Crippen molar-refractivity contribution in [2.75, 3.05) is 20.6 Å². The molecule has 0 aromatic heterocycles. The molecule has 1 aliphatic heterocycles. The highest BCUT2D eigenvalue weighted by molar-refractivity contribution is 5.76. The molecule has 56 valence electrons. The molecule has 1 heterocycles. The van der Waals surface area contributed by atoms with Crippen molar-refractivity contribution in [3.05, 3.63) is 0 Å². The first-order chi connectivity index (χ1) is 4.66. The summed E-state index contributed by atoms with van der Waals surface area (Å²) >= 11 is 0. The minimum Gasteiger partial charge on any atom is -0.324 e. The van der Waals surface area contributed by atoms with E-state index in [2.05, 4.69) is 5.11 Å². The van der Waals surface area contributed by atoms with E-state index in [0.29, 0.717) is 6.54 Å². The molecule has 2 amide bonds. The number of carbonyl (C=O) groups is 1. The predicted molar refractivity (Wildman–Crippen MR) is 34.7 cm³/mol. The van der Waals surface area contributed by atoms with Crippen LogP contribution in [0.4, 0.5) is 4.79 Å². The third kappa shape index (κ3) is 0.832. The van der Waals surface area contributed by atoms with Crippen molar-refractivity contribution in [2.24, 2.45) is 5.11 Å². The van der Waals surface area contributed by atoms with Gasteiger partial charge in [-0.05, 0) is 0 Å². The fourth-order valence-electron chi connectivity index (χ4n) is 0.970. The van der Waals surface area contributed by atoms with Crippen molar-refractivity contribution in [3.8, 4) is 0 Å². The highest BCUT2D eigenvalue weighted by Gasteiger charge is 2.31. The molecule has 0 spiro atoms. The minimum atomic E-state index is -0.280. The topological polar surface area (TPSA) is 59.8 Å². The van der Waals surface area contributed by atoms with Crippen molar-refractivity contribution in [1.29, 1.82) is 5.53 Å². The number of amides is 2. The maximum Gasteiger partial charge on any atom is 0.321 e. The van der Waals surface area contributed by atoms with Crippen LogP contribution in [-0.4, -0.2) is 42.6 Å². The fourth-order valence-corrected chi connectivity index (χ4v) is 0.970. The average molecular weight is 142 g/mol. The summed E-state index contributed by atoms with van der Waals surface area (Å²) in [7, 11) is 3.35. The first-order valence-electron chi connectivity index (χ1n) is 3.01. The van der Waals surface area contributed by atoms with Gasteiger partial charge < -0.3 is 9.80 Å². The summed E-state index contributed by atoms with van der Waals surface area (Å²) in [5, 5.41) is 3.28. The normalized spacial score (nSPS) is 25.8. The number of nitrogens with zero attached hydrogens (tertiary/aromatic N) is 3. The van der Waals surface area contributed by atoms with Gasteiger partial charge in [-0.2, -0.15) is 5.11 Å². The molecule has 1 atom stereocenters. The van der Waals surface area contributed by atoms with Gasteiger partial charge in [0.15, 0.2) is 6.17 Å². The lowest BCUT2D eigenvalue weighted by molar-refractivity contribution is 0.201. The van der Waals surface area contributed by atoms with Gasteiger partial charge in [0.25, 0.3) is 0 Å². The molecule has 0 aliphatic carbocycles. The summed E-state index contributed by atoms with van der Waals surface area (Å²) in [5.74, 6) is 0. The van der Waals surface area contributed by atoms with Crippen LogP contribution in [0.15, 0.2) is 5.11 Å². The van der Waals surface area contributed by atoms with Crippen molar-refractivity contribution in [3.63, 3.8) is 0 Å². The number of likely N-dealkylation sites (N-methyl/N-ethyl adjacent to an activating group) is 2. The van der Waals surface area contributed by atoms with Gasteiger partial charge in [-0.3, -0.25) is 0 Å². The standard InChI is InChI=1S/C5H10N4O/c1-8-3-4(7-6)9(2)5(8)10/h4,6H,3H2,1-2H3. The lowest BCUT2D eigenvalue weighted by atomic mass is 10.5. The second kappa shape index (κ2) is 2.24. The monoisotopic (exact) mass is 142 g/mol. The van der Waals surface area contributed by atoms with E-state index in [9.17, 15) is 4.79 Å². The average Bonchev–Trinajstić information content (AvgIpc) is 2.17. The Kier molecular flexibility index (Phi) is 1.57. The fraction of sp³-hybridized carbons (Fsp3) is 0.800. The smallest absolute Gasteiger partial charge is 0.321 e. The summed E-state index contributed by atoms with van der Waals surface area (Å²) in [5.41, 5.74) is 6.71. The molecule has 1 rings (SSSR count). The molecule has 5 heteroatoms. The molecule has 1 unspecified atom stereocenters. The van der Waals surface area contributed by atoms with Crippen LogP contribution in [0.5, 0.6) is 0 Å². The van der Waals surface area contributed by atoms with E-state index < -0.39 is 0 Å². The SMILES string of the molecule is CN1CC(N=N)N(C)C1=O. The first-order valence-corrected chi connectivity index (χ1v) is 3.01. The lowest BCUT2D eigenvalue weighted by Gasteiger charge is -2.10. The Balaban J connectivity index is 2.70. The molecule has 5 nitrogen and oxygen atoms in total. The largest absolute Gasteiger partial charge is 0.324 e. The highest BCUT2D eigenvalue weighted by Crippen LogP contribution is 2.11. The zero-order valence-corrected chi connectivity index (χ0v) is 6.03. The van der Waals surface area contributed by atoms with E-state index in [4.69, 9.17) is 5.53 Å². The van der Waals surface area contributed by atoms with Gasteiger partial charge in [-0.1, -0.05) is 0 Å². The van der Waals surface area contributed by atoms with Crippen LogP contribution in [0.25, 0.3) is 0 Å². The zero-order valence-electron chi connectivity index (χ0n) is 6.03. The Morgan fingerprint density at radius 2 is 2.30 bits per heavy atom. The summed E-state index contributed by atoms with van der Waals surface area (Å²) in [4.78, 5) is 14.0. The molecule has 0 saturated carbocycles. The quantitative estimate of drug-likeness (QED) is 0.527. The molecular formula is C5H10N4O. The Bertz CT molecular complexity index is 169. The molecule has 0 aromatic rings. The maximum atomic E-state index is 11.0. The van der Waals surface area contributed by atoms with E-state index >= 15 is 0 Å². The molecular weight excluding hydrogens is 132 g/mol. The van der Waals surface area contributed by atoms with E-state index in [1.807, 2.05) is 0 Å². The van der Waals surface area contributed by atoms with E-state index in [1.54, 1.807) is 19.0 Å². The van der Waals surface area contributed by atoms with Crippen molar-refractivity contribution in [1.82, 2.24) is 9.80 Å².